The Morgan fingerprint density at radius 3 is 2.79 bits per heavy atom. The predicted octanol–water partition coefficient (Wildman–Crippen LogP) is 4.09. The highest BCUT2D eigenvalue weighted by Gasteiger charge is 2.23. The van der Waals surface area contributed by atoms with Gasteiger partial charge in [0.25, 0.3) is 5.91 Å². The van der Waals surface area contributed by atoms with Crippen LogP contribution in [-0.2, 0) is 14.3 Å². The molecule has 6 heteroatoms. The van der Waals surface area contributed by atoms with Gasteiger partial charge in [0, 0.05) is 15.4 Å². The largest absolute Gasteiger partial charge is 0.455 e. The highest BCUT2D eigenvalue weighted by atomic mass is 79.9. The maximum Gasteiger partial charge on any atom is 0.316 e. The van der Waals surface area contributed by atoms with E-state index in [0.29, 0.717) is 5.92 Å². The van der Waals surface area contributed by atoms with Crippen LogP contribution in [0.25, 0.3) is 0 Å². The van der Waals surface area contributed by atoms with Crippen molar-refractivity contribution in [2.24, 2.45) is 5.92 Å². The molecule has 4 nitrogen and oxygen atoms in total. The molecule has 1 N–H and O–H groups in total. The fourth-order valence-corrected chi connectivity index (χ4v) is 4.16. The van der Waals surface area contributed by atoms with E-state index in [4.69, 9.17) is 4.74 Å². The molecule has 132 valence electrons. The van der Waals surface area contributed by atoms with Gasteiger partial charge >= 0.3 is 5.97 Å². The van der Waals surface area contributed by atoms with Crippen LogP contribution in [0.15, 0.2) is 27.6 Å². The Labute approximate surface area is 156 Å². The first-order valence-electron chi connectivity index (χ1n) is 8.29. The van der Waals surface area contributed by atoms with Gasteiger partial charge in [0.05, 0.1) is 5.75 Å². The van der Waals surface area contributed by atoms with Crippen molar-refractivity contribution in [1.29, 1.82) is 0 Å². The number of ether oxygens (including phenoxy) is 1. The van der Waals surface area contributed by atoms with Gasteiger partial charge in [-0.2, -0.15) is 0 Å². The van der Waals surface area contributed by atoms with E-state index in [0.717, 1.165) is 34.2 Å². The summed E-state index contributed by atoms with van der Waals surface area (Å²) in [6.07, 6.45) is 4.54. The van der Waals surface area contributed by atoms with Crippen molar-refractivity contribution in [3.63, 3.8) is 0 Å². The lowest BCUT2D eigenvalue weighted by atomic mass is 9.86. The summed E-state index contributed by atoms with van der Waals surface area (Å²) in [4.78, 5) is 24.8. The number of carbonyl (C=O) groups excluding carboxylic acids is 2. The van der Waals surface area contributed by atoms with Crippen molar-refractivity contribution >= 4 is 39.6 Å². The lowest BCUT2D eigenvalue weighted by molar-refractivity contribution is -0.146. The number of aryl methyl sites for hydroxylation is 1. The third-order valence-corrected chi connectivity index (χ3v) is 5.95. The summed E-state index contributed by atoms with van der Waals surface area (Å²) >= 11 is 4.84. The van der Waals surface area contributed by atoms with Gasteiger partial charge in [-0.3, -0.25) is 9.59 Å². The fraction of sp³-hybridized carbons (Fsp3) is 0.556. The van der Waals surface area contributed by atoms with E-state index in [-0.39, 0.29) is 30.3 Å². The van der Waals surface area contributed by atoms with E-state index < -0.39 is 0 Å². The average Bonchev–Trinajstić information content (AvgIpc) is 2.54. The van der Waals surface area contributed by atoms with Crippen LogP contribution in [-0.4, -0.2) is 30.3 Å². The van der Waals surface area contributed by atoms with Crippen LogP contribution < -0.4 is 5.32 Å². The second-order valence-corrected chi connectivity index (χ2v) is 8.23. The van der Waals surface area contributed by atoms with E-state index >= 15 is 0 Å². The summed E-state index contributed by atoms with van der Waals surface area (Å²) < 4.78 is 6.10. The molecular formula is C18H24BrNO3S. The maximum atomic E-state index is 11.9. The molecule has 1 aliphatic rings. The van der Waals surface area contributed by atoms with Gasteiger partial charge in [-0.1, -0.05) is 35.7 Å². The third-order valence-electron chi connectivity index (χ3n) is 4.30. The summed E-state index contributed by atoms with van der Waals surface area (Å²) in [6, 6.07) is 6.13. The molecule has 1 amide bonds. The van der Waals surface area contributed by atoms with E-state index in [2.05, 4.69) is 28.2 Å². The van der Waals surface area contributed by atoms with Crippen LogP contribution in [0, 0.1) is 12.8 Å². The van der Waals surface area contributed by atoms with Crippen LogP contribution >= 0.6 is 27.7 Å². The van der Waals surface area contributed by atoms with Crippen LogP contribution in [0.5, 0.6) is 0 Å². The maximum absolute atomic E-state index is 11.9. The van der Waals surface area contributed by atoms with Gasteiger partial charge in [0.1, 0.15) is 0 Å². The summed E-state index contributed by atoms with van der Waals surface area (Å²) in [5, 5.41) is 2.98. The molecule has 0 aromatic heterocycles. The van der Waals surface area contributed by atoms with Gasteiger partial charge in [-0.25, -0.2) is 0 Å². The van der Waals surface area contributed by atoms with Gasteiger partial charge in [-0.15, -0.1) is 11.8 Å². The second-order valence-electron chi connectivity index (χ2n) is 6.29. The molecular weight excluding hydrogens is 390 g/mol. The number of amides is 1. The molecule has 1 fully saturated rings. The zero-order valence-electron chi connectivity index (χ0n) is 14.1. The number of rotatable bonds is 6. The van der Waals surface area contributed by atoms with Crippen molar-refractivity contribution < 1.29 is 14.3 Å². The number of esters is 1. The smallest absolute Gasteiger partial charge is 0.316 e. The van der Waals surface area contributed by atoms with Crippen molar-refractivity contribution in [2.45, 2.75) is 50.5 Å². The SMILES string of the molecule is Cc1cc(Br)ccc1SCC(=O)OCC(=O)N[C@@H]1CCCC[C@H]1C. The molecule has 1 saturated carbocycles. The highest BCUT2D eigenvalue weighted by molar-refractivity contribution is 9.10. The number of carbonyl (C=O) groups is 2. The Kier molecular flexibility index (Phi) is 7.62. The van der Waals surface area contributed by atoms with Gasteiger partial charge in [0.2, 0.25) is 0 Å². The van der Waals surface area contributed by atoms with Crippen molar-refractivity contribution in [3.05, 3.63) is 28.2 Å². The molecule has 0 heterocycles. The Bertz CT molecular complexity index is 594. The molecule has 1 aromatic carbocycles. The van der Waals surface area contributed by atoms with Gasteiger partial charge in [0.15, 0.2) is 6.61 Å². The van der Waals surface area contributed by atoms with Crippen LogP contribution in [0.2, 0.25) is 0 Å². The Morgan fingerprint density at radius 1 is 1.33 bits per heavy atom. The number of hydrogen-bond acceptors (Lipinski definition) is 4. The van der Waals surface area contributed by atoms with Crippen molar-refractivity contribution in [1.82, 2.24) is 5.32 Å². The lowest BCUT2D eigenvalue weighted by Gasteiger charge is -2.29. The normalized spacial score (nSPS) is 20.5. The van der Waals surface area contributed by atoms with Gasteiger partial charge < -0.3 is 10.1 Å². The first-order valence-corrected chi connectivity index (χ1v) is 10.1. The number of thioether (sulfide) groups is 1. The molecule has 0 aliphatic heterocycles. The average molecular weight is 414 g/mol. The molecule has 0 unspecified atom stereocenters. The minimum atomic E-state index is -0.367. The Hall–Kier alpha value is -1.01. The molecule has 2 atom stereocenters. The number of halogens is 1. The van der Waals surface area contributed by atoms with E-state index in [9.17, 15) is 9.59 Å². The zero-order chi connectivity index (χ0) is 17.5. The van der Waals surface area contributed by atoms with Crippen LogP contribution in [0.1, 0.15) is 38.2 Å². The number of hydrogen-bond donors (Lipinski definition) is 1. The molecule has 0 radical (unpaired) electrons. The molecule has 1 aliphatic carbocycles. The standard InChI is InChI=1S/C18H24BrNO3S/c1-12-5-3-4-6-15(12)20-17(21)10-23-18(22)11-24-16-8-7-14(19)9-13(16)2/h7-9,12,15H,3-6,10-11H2,1-2H3,(H,20,21)/t12-,15-/m1/s1. The molecule has 2 rings (SSSR count). The molecule has 24 heavy (non-hydrogen) atoms. The molecule has 0 bridgehead atoms. The quantitative estimate of drug-likeness (QED) is 0.563. The van der Waals surface area contributed by atoms with E-state index in [1.165, 1.54) is 18.2 Å². The summed E-state index contributed by atoms with van der Waals surface area (Å²) in [5.74, 6) is 0.130. The molecule has 0 saturated heterocycles. The Balaban J connectivity index is 1.69. The molecule has 1 aromatic rings. The Morgan fingerprint density at radius 2 is 2.08 bits per heavy atom. The predicted molar refractivity (Wildman–Crippen MR) is 100 cm³/mol. The monoisotopic (exact) mass is 413 g/mol. The van der Waals surface area contributed by atoms with Crippen LogP contribution in [0.4, 0.5) is 0 Å². The second kappa shape index (κ2) is 9.47. The lowest BCUT2D eigenvalue weighted by Crippen LogP contribution is -2.43. The van der Waals surface area contributed by atoms with Crippen molar-refractivity contribution in [2.75, 3.05) is 12.4 Å². The number of nitrogens with one attached hydrogen (secondary N) is 1. The number of benzene rings is 1. The van der Waals surface area contributed by atoms with Crippen LogP contribution in [0.3, 0.4) is 0 Å². The van der Waals surface area contributed by atoms with Gasteiger partial charge in [-0.05, 0) is 49.4 Å². The highest BCUT2D eigenvalue weighted by Crippen LogP contribution is 2.25. The van der Waals surface area contributed by atoms with Crippen molar-refractivity contribution in [3.8, 4) is 0 Å². The minimum Gasteiger partial charge on any atom is -0.455 e. The third kappa shape index (κ3) is 6.13. The topological polar surface area (TPSA) is 55.4 Å². The summed E-state index contributed by atoms with van der Waals surface area (Å²) in [7, 11) is 0. The minimum absolute atomic E-state index is 0.193. The van der Waals surface area contributed by atoms with E-state index in [1.807, 2.05) is 25.1 Å². The zero-order valence-corrected chi connectivity index (χ0v) is 16.5. The first-order chi connectivity index (χ1) is 11.5. The molecule has 0 spiro atoms. The fourth-order valence-electron chi connectivity index (χ4n) is 2.88. The summed E-state index contributed by atoms with van der Waals surface area (Å²) in [5.41, 5.74) is 1.10. The van der Waals surface area contributed by atoms with E-state index in [1.54, 1.807) is 0 Å². The summed E-state index contributed by atoms with van der Waals surface area (Å²) in [6.45, 7) is 3.96. The first kappa shape index (κ1) is 19.3.